The fourth-order valence-corrected chi connectivity index (χ4v) is 1.82. The minimum atomic E-state index is 0.475. The van der Waals surface area contributed by atoms with Crippen LogP contribution < -0.4 is 15.0 Å². The molecule has 1 aromatic carbocycles. The zero-order valence-electron chi connectivity index (χ0n) is 11.6. The van der Waals surface area contributed by atoms with Crippen LogP contribution in [0.25, 0.3) is 0 Å². The average molecular weight is 236 g/mol. The second-order valence-corrected chi connectivity index (χ2v) is 4.61. The molecule has 0 aromatic heterocycles. The number of likely N-dealkylation sites (N-methyl/N-ethyl adjacent to an activating group) is 2. The summed E-state index contributed by atoms with van der Waals surface area (Å²) >= 11 is 0. The molecule has 0 saturated carbocycles. The molecule has 0 atom stereocenters. The van der Waals surface area contributed by atoms with E-state index in [9.17, 15) is 0 Å². The lowest BCUT2D eigenvalue weighted by Crippen LogP contribution is -2.27. The van der Waals surface area contributed by atoms with Gasteiger partial charge in [0.1, 0.15) is 5.75 Å². The maximum atomic E-state index is 5.39. The first kappa shape index (κ1) is 13.8. The Bertz CT molecular complexity index is 350. The molecule has 0 aliphatic carbocycles. The van der Waals surface area contributed by atoms with Gasteiger partial charge in [0, 0.05) is 25.8 Å². The smallest absolute Gasteiger partial charge is 0.122 e. The molecule has 3 heteroatoms. The number of benzene rings is 1. The first-order valence-corrected chi connectivity index (χ1v) is 6.13. The molecule has 96 valence electrons. The number of anilines is 1. The van der Waals surface area contributed by atoms with Gasteiger partial charge in [0.05, 0.1) is 7.11 Å². The van der Waals surface area contributed by atoms with E-state index < -0.39 is 0 Å². The van der Waals surface area contributed by atoms with Crippen molar-refractivity contribution < 1.29 is 4.74 Å². The lowest BCUT2D eigenvalue weighted by molar-refractivity contribution is 0.407. The zero-order chi connectivity index (χ0) is 12.8. The van der Waals surface area contributed by atoms with Crippen molar-refractivity contribution in [2.24, 2.45) is 0 Å². The molecule has 0 aliphatic heterocycles. The summed E-state index contributed by atoms with van der Waals surface area (Å²) in [7, 11) is 5.82. The molecule has 0 fully saturated rings. The Balaban J connectivity index is 2.91. The van der Waals surface area contributed by atoms with Crippen LogP contribution in [-0.4, -0.2) is 34.3 Å². The highest BCUT2D eigenvalue weighted by atomic mass is 16.5. The summed E-state index contributed by atoms with van der Waals surface area (Å²) in [5.74, 6) is 1.45. The molecule has 17 heavy (non-hydrogen) atoms. The zero-order valence-corrected chi connectivity index (χ0v) is 11.6. The Morgan fingerprint density at radius 3 is 2.59 bits per heavy atom. The van der Waals surface area contributed by atoms with Crippen molar-refractivity contribution >= 4 is 5.69 Å². The van der Waals surface area contributed by atoms with Crippen LogP contribution in [0.2, 0.25) is 0 Å². The number of nitrogens with zero attached hydrogens (tertiary/aromatic N) is 1. The first-order valence-electron chi connectivity index (χ1n) is 6.13. The summed E-state index contributed by atoms with van der Waals surface area (Å²) in [6, 6.07) is 6.39. The topological polar surface area (TPSA) is 24.5 Å². The van der Waals surface area contributed by atoms with Crippen LogP contribution in [-0.2, 0) is 0 Å². The summed E-state index contributed by atoms with van der Waals surface area (Å²) in [5, 5.41) is 3.16. The number of methoxy groups -OCH3 is 1. The van der Waals surface area contributed by atoms with Crippen molar-refractivity contribution in [2.45, 2.75) is 19.8 Å². The maximum Gasteiger partial charge on any atom is 0.122 e. The Kier molecular flexibility index (Phi) is 5.29. The Morgan fingerprint density at radius 1 is 1.35 bits per heavy atom. The first-order chi connectivity index (χ1) is 8.10. The molecule has 3 nitrogen and oxygen atoms in total. The third-order valence-electron chi connectivity index (χ3n) is 2.97. The minimum absolute atomic E-state index is 0.475. The summed E-state index contributed by atoms with van der Waals surface area (Å²) in [6.45, 7) is 6.37. The van der Waals surface area contributed by atoms with Gasteiger partial charge in [0.15, 0.2) is 0 Å². The van der Waals surface area contributed by atoms with Gasteiger partial charge in [-0.3, -0.25) is 0 Å². The van der Waals surface area contributed by atoms with E-state index >= 15 is 0 Å². The van der Waals surface area contributed by atoms with Gasteiger partial charge in [-0.2, -0.15) is 0 Å². The van der Waals surface area contributed by atoms with Gasteiger partial charge in [0.25, 0.3) is 0 Å². The standard InChI is InChI=1S/C14H24N2O/c1-11(2)13-10-12(6-7-14(13)17-5)16(4)9-8-15-3/h6-7,10-11,15H,8-9H2,1-5H3. The molecule has 0 spiro atoms. The predicted molar refractivity (Wildman–Crippen MR) is 74.3 cm³/mol. The molecule has 1 aromatic rings. The Morgan fingerprint density at radius 2 is 2.06 bits per heavy atom. The van der Waals surface area contributed by atoms with Crippen LogP contribution in [0.5, 0.6) is 5.75 Å². The van der Waals surface area contributed by atoms with E-state index in [-0.39, 0.29) is 0 Å². The van der Waals surface area contributed by atoms with Crippen molar-refractivity contribution in [2.75, 3.05) is 39.2 Å². The largest absolute Gasteiger partial charge is 0.496 e. The normalized spacial score (nSPS) is 10.7. The number of ether oxygens (including phenoxy) is 1. The summed E-state index contributed by atoms with van der Waals surface area (Å²) in [5.41, 5.74) is 2.51. The van der Waals surface area contributed by atoms with E-state index in [4.69, 9.17) is 4.74 Å². The molecule has 1 N–H and O–H groups in total. The number of rotatable bonds is 6. The fraction of sp³-hybridized carbons (Fsp3) is 0.571. The number of hydrogen-bond acceptors (Lipinski definition) is 3. The van der Waals surface area contributed by atoms with Gasteiger partial charge >= 0.3 is 0 Å². The monoisotopic (exact) mass is 236 g/mol. The molecule has 0 bridgehead atoms. The maximum absolute atomic E-state index is 5.39. The molecule has 0 unspecified atom stereocenters. The fourth-order valence-electron chi connectivity index (χ4n) is 1.82. The van der Waals surface area contributed by atoms with Crippen LogP contribution in [0.4, 0.5) is 5.69 Å². The Labute approximate surface area is 105 Å². The third-order valence-corrected chi connectivity index (χ3v) is 2.97. The lowest BCUT2D eigenvalue weighted by Gasteiger charge is -2.21. The van der Waals surface area contributed by atoms with E-state index in [1.54, 1.807) is 7.11 Å². The van der Waals surface area contributed by atoms with Crippen LogP contribution in [0.1, 0.15) is 25.3 Å². The lowest BCUT2D eigenvalue weighted by atomic mass is 10.0. The molecule has 1 rings (SSSR count). The van der Waals surface area contributed by atoms with E-state index in [1.807, 2.05) is 7.05 Å². The molecule has 0 saturated heterocycles. The second kappa shape index (κ2) is 6.50. The number of nitrogens with one attached hydrogen (secondary N) is 1. The van der Waals surface area contributed by atoms with Crippen molar-refractivity contribution in [1.29, 1.82) is 0 Å². The van der Waals surface area contributed by atoms with Crippen molar-refractivity contribution in [3.63, 3.8) is 0 Å². The minimum Gasteiger partial charge on any atom is -0.496 e. The van der Waals surface area contributed by atoms with Crippen molar-refractivity contribution in [1.82, 2.24) is 5.32 Å². The molecule has 0 amide bonds. The highest BCUT2D eigenvalue weighted by molar-refractivity contribution is 5.53. The van der Waals surface area contributed by atoms with E-state index in [1.165, 1.54) is 11.3 Å². The van der Waals surface area contributed by atoms with Gasteiger partial charge in [0.2, 0.25) is 0 Å². The highest BCUT2D eigenvalue weighted by Gasteiger charge is 2.10. The van der Waals surface area contributed by atoms with Crippen LogP contribution in [0.15, 0.2) is 18.2 Å². The molecular formula is C14H24N2O. The van der Waals surface area contributed by atoms with Gasteiger partial charge in [-0.25, -0.2) is 0 Å². The van der Waals surface area contributed by atoms with Crippen LogP contribution in [0, 0.1) is 0 Å². The Hall–Kier alpha value is -1.22. The summed E-state index contributed by atoms with van der Waals surface area (Å²) < 4.78 is 5.39. The quantitative estimate of drug-likeness (QED) is 0.821. The van der Waals surface area contributed by atoms with E-state index in [2.05, 4.69) is 49.3 Å². The molecule has 0 radical (unpaired) electrons. The van der Waals surface area contributed by atoms with E-state index in [0.717, 1.165) is 18.8 Å². The average Bonchev–Trinajstić information content (AvgIpc) is 2.34. The van der Waals surface area contributed by atoms with Crippen molar-refractivity contribution in [3.8, 4) is 5.75 Å². The van der Waals surface area contributed by atoms with Gasteiger partial charge in [-0.15, -0.1) is 0 Å². The van der Waals surface area contributed by atoms with E-state index in [0.29, 0.717) is 5.92 Å². The summed E-state index contributed by atoms with van der Waals surface area (Å²) in [4.78, 5) is 2.25. The highest BCUT2D eigenvalue weighted by Crippen LogP contribution is 2.30. The van der Waals surface area contributed by atoms with Gasteiger partial charge in [-0.1, -0.05) is 13.8 Å². The second-order valence-electron chi connectivity index (χ2n) is 4.61. The number of hydrogen-bond donors (Lipinski definition) is 1. The van der Waals surface area contributed by atoms with Gasteiger partial charge in [-0.05, 0) is 36.7 Å². The van der Waals surface area contributed by atoms with Crippen molar-refractivity contribution in [3.05, 3.63) is 23.8 Å². The SMILES string of the molecule is CNCCN(C)c1ccc(OC)c(C(C)C)c1. The van der Waals surface area contributed by atoms with Gasteiger partial charge < -0.3 is 15.0 Å². The summed E-state index contributed by atoms with van der Waals surface area (Å²) in [6.07, 6.45) is 0. The van der Waals surface area contributed by atoms with Crippen LogP contribution >= 0.6 is 0 Å². The van der Waals surface area contributed by atoms with Crippen LogP contribution in [0.3, 0.4) is 0 Å². The third kappa shape index (κ3) is 3.63. The molecule has 0 heterocycles. The molecular weight excluding hydrogens is 212 g/mol. The molecule has 0 aliphatic rings. The predicted octanol–water partition coefficient (Wildman–Crippen LogP) is 2.47.